The summed E-state index contributed by atoms with van der Waals surface area (Å²) in [5, 5.41) is 8.76. The average Bonchev–Trinajstić information content (AvgIpc) is 2.83. The molecule has 1 aromatic heterocycles. The van der Waals surface area contributed by atoms with Crippen molar-refractivity contribution in [2.75, 3.05) is 0 Å². The summed E-state index contributed by atoms with van der Waals surface area (Å²) < 4.78 is 2.94. The highest BCUT2D eigenvalue weighted by atomic mass is 79.9. The van der Waals surface area contributed by atoms with Gasteiger partial charge in [0.1, 0.15) is 0 Å². The molecule has 106 valence electrons. The normalized spacial score (nSPS) is 18.1. The zero-order valence-electron chi connectivity index (χ0n) is 11.4. The van der Waals surface area contributed by atoms with Crippen LogP contribution in [0.4, 0.5) is 0 Å². The first kappa shape index (κ1) is 14.1. The van der Waals surface area contributed by atoms with E-state index in [9.17, 15) is 0 Å². The Bertz CT molecular complexity index is 624. The van der Waals surface area contributed by atoms with Crippen molar-refractivity contribution < 1.29 is 0 Å². The molecule has 3 nitrogen and oxygen atoms in total. The van der Waals surface area contributed by atoms with Crippen LogP contribution in [0.3, 0.4) is 0 Å². The van der Waals surface area contributed by atoms with Crippen LogP contribution in [0.2, 0.25) is 5.02 Å². The average molecular weight is 355 g/mol. The first-order chi connectivity index (χ1) is 9.65. The van der Waals surface area contributed by atoms with Gasteiger partial charge in [-0.3, -0.25) is 4.68 Å². The van der Waals surface area contributed by atoms with Crippen molar-refractivity contribution in [1.29, 1.82) is 0 Å². The molecular weight excluding hydrogens is 338 g/mol. The first-order valence-corrected chi connectivity index (χ1v) is 8.00. The number of aryl methyl sites for hydroxylation is 1. The lowest BCUT2D eigenvalue weighted by molar-refractivity contribution is 0.452. The highest BCUT2D eigenvalue weighted by Gasteiger charge is 2.22. The van der Waals surface area contributed by atoms with Crippen molar-refractivity contribution in [2.24, 2.45) is 7.05 Å². The Morgan fingerprint density at radius 1 is 1.50 bits per heavy atom. The van der Waals surface area contributed by atoms with E-state index in [4.69, 9.17) is 11.6 Å². The predicted molar refractivity (Wildman–Crippen MR) is 84.9 cm³/mol. The van der Waals surface area contributed by atoms with E-state index in [-0.39, 0.29) is 0 Å². The molecule has 1 aromatic carbocycles. The summed E-state index contributed by atoms with van der Waals surface area (Å²) in [4.78, 5) is 0. The molecule has 0 bridgehead atoms. The quantitative estimate of drug-likeness (QED) is 0.903. The van der Waals surface area contributed by atoms with Gasteiger partial charge in [0, 0.05) is 35.4 Å². The lowest BCUT2D eigenvalue weighted by Gasteiger charge is -2.24. The number of hydrogen-bond donors (Lipinski definition) is 1. The molecule has 1 heterocycles. The Morgan fingerprint density at radius 3 is 3.15 bits per heavy atom. The fourth-order valence-electron chi connectivity index (χ4n) is 2.81. The molecule has 0 saturated heterocycles. The van der Waals surface area contributed by atoms with Gasteiger partial charge in [0.25, 0.3) is 0 Å². The molecule has 0 amide bonds. The number of rotatable bonds is 3. The third kappa shape index (κ3) is 2.78. The molecule has 3 rings (SSSR count). The number of fused-ring (bicyclic) bond motifs is 1. The van der Waals surface area contributed by atoms with Crippen LogP contribution in [-0.2, 0) is 20.0 Å². The van der Waals surface area contributed by atoms with Crippen LogP contribution in [0.1, 0.15) is 35.7 Å². The van der Waals surface area contributed by atoms with Crippen LogP contribution in [0.5, 0.6) is 0 Å². The highest BCUT2D eigenvalue weighted by molar-refractivity contribution is 9.10. The molecule has 5 heteroatoms. The van der Waals surface area contributed by atoms with Gasteiger partial charge in [-0.1, -0.05) is 17.7 Å². The van der Waals surface area contributed by atoms with E-state index < -0.39 is 0 Å². The monoisotopic (exact) mass is 353 g/mol. The van der Waals surface area contributed by atoms with Crippen molar-refractivity contribution in [3.8, 4) is 0 Å². The van der Waals surface area contributed by atoms with Crippen LogP contribution in [0.25, 0.3) is 0 Å². The molecule has 1 atom stereocenters. The van der Waals surface area contributed by atoms with E-state index in [1.807, 2.05) is 30.1 Å². The van der Waals surface area contributed by atoms with Gasteiger partial charge in [-0.05, 0) is 52.9 Å². The van der Waals surface area contributed by atoms with Crippen LogP contribution in [-0.4, -0.2) is 9.78 Å². The van der Waals surface area contributed by atoms with E-state index in [2.05, 4.69) is 32.4 Å². The van der Waals surface area contributed by atoms with Gasteiger partial charge in [0.15, 0.2) is 0 Å². The smallest absolute Gasteiger partial charge is 0.0551 e. The minimum absolute atomic E-state index is 0.398. The molecule has 0 saturated carbocycles. The number of aromatic nitrogens is 2. The second-order valence-electron chi connectivity index (χ2n) is 5.24. The van der Waals surface area contributed by atoms with Crippen molar-refractivity contribution in [1.82, 2.24) is 15.1 Å². The predicted octanol–water partition coefficient (Wildman–Crippen LogP) is 4.00. The summed E-state index contributed by atoms with van der Waals surface area (Å²) in [7, 11) is 2.02. The van der Waals surface area contributed by atoms with Crippen molar-refractivity contribution >= 4 is 27.5 Å². The summed E-state index contributed by atoms with van der Waals surface area (Å²) in [5.74, 6) is 0. The van der Waals surface area contributed by atoms with Gasteiger partial charge in [-0.25, -0.2) is 0 Å². The van der Waals surface area contributed by atoms with E-state index in [0.717, 1.165) is 22.5 Å². The maximum Gasteiger partial charge on any atom is 0.0551 e. The molecule has 0 radical (unpaired) electrons. The van der Waals surface area contributed by atoms with E-state index in [0.29, 0.717) is 6.04 Å². The molecule has 1 aliphatic carbocycles. The van der Waals surface area contributed by atoms with Crippen LogP contribution in [0, 0.1) is 0 Å². The Labute approximate surface area is 132 Å². The van der Waals surface area contributed by atoms with Crippen LogP contribution < -0.4 is 5.32 Å². The molecule has 1 aliphatic rings. The number of nitrogens with zero attached hydrogens (tertiary/aromatic N) is 2. The zero-order chi connectivity index (χ0) is 14.1. The van der Waals surface area contributed by atoms with E-state index in [1.165, 1.54) is 29.7 Å². The second-order valence-corrected chi connectivity index (χ2v) is 6.51. The Kier molecular flexibility index (Phi) is 4.15. The molecule has 0 fully saturated rings. The summed E-state index contributed by atoms with van der Waals surface area (Å²) in [6, 6.07) is 6.49. The zero-order valence-corrected chi connectivity index (χ0v) is 13.7. The third-order valence-corrected chi connectivity index (χ3v) is 5.14. The third-order valence-electron chi connectivity index (χ3n) is 3.91. The van der Waals surface area contributed by atoms with E-state index in [1.54, 1.807) is 0 Å². The number of benzene rings is 1. The topological polar surface area (TPSA) is 29.9 Å². The number of halogens is 2. The first-order valence-electron chi connectivity index (χ1n) is 6.83. The molecular formula is C15H17BrClN3. The maximum absolute atomic E-state index is 6.13. The SMILES string of the molecule is Cn1ncc2c1CCCC2NCc1ccc(Br)c(Cl)c1. The molecule has 1 unspecified atom stereocenters. The lowest BCUT2D eigenvalue weighted by Crippen LogP contribution is -2.24. The second kappa shape index (κ2) is 5.88. The molecule has 1 N–H and O–H groups in total. The Balaban J connectivity index is 1.71. The van der Waals surface area contributed by atoms with Gasteiger partial charge in [-0.2, -0.15) is 5.10 Å². The van der Waals surface area contributed by atoms with Crippen molar-refractivity contribution in [3.05, 3.63) is 50.7 Å². The van der Waals surface area contributed by atoms with Crippen molar-refractivity contribution in [2.45, 2.75) is 31.8 Å². The van der Waals surface area contributed by atoms with Crippen molar-refractivity contribution in [3.63, 3.8) is 0 Å². The minimum atomic E-state index is 0.398. The summed E-state index contributed by atoms with van der Waals surface area (Å²) >= 11 is 9.55. The van der Waals surface area contributed by atoms with Crippen LogP contribution >= 0.6 is 27.5 Å². The number of hydrogen-bond acceptors (Lipinski definition) is 2. The summed E-state index contributed by atoms with van der Waals surface area (Å²) in [5.41, 5.74) is 3.92. The lowest BCUT2D eigenvalue weighted by atomic mass is 9.93. The molecule has 0 spiro atoms. The molecule has 2 aromatic rings. The molecule has 0 aliphatic heterocycles. The molecule has 20 heavy (non-hydrogen) atoms. The van der Waals surface area contributed by atoms with Gasteiger partial charge < -0.3 is 5.32 Å². The standard InChI is InChI=1S/C15H17BrClN3/c1-20-15-4-2-3-14(11(15)9-19-20)18-8-10-5-6-12(16)13(17)7-10/h5-7,9,14,18H,2-4,8H2,1H3. The fraction of sp³-hybridized carbons (Fsp3) is 0.400. The minimum Gasteiger partial charge on any atom is -0.306 e. The maximum atomic E-state index is 6.13. The Morgan fingerprint density at radius 2 is 2.35 bits per heavy atom. The Hall–Kier alpha value is -0.840. The van der Waals surface area contributed by atoms with Gasteiger partial charge >= 0.3 is 0 Å². The van der Waals surface area contributed by atoms with E-state index >= 15 is 0 Å². The fourth-order valence-corrected chi connectivity index (χ4v) is 3.26. The van der Waals surface area contributed by atoms with Gasteiger partial charge in [0.05, 0.1) is 11.2 Å². The largest absolute Gasteiger partial charge is 0.306 e. The summed E-state index contributed by atoms with van der Waals surface area (Å²) in [6.07, 6.45) is 5.52. The van der Waals surface area contributed by atoms with Gasteiger partial charge in [0.2, 0.25) is 0 Å². The highest BCUT2D eigenvalue weighted by Crippen LogP contribution is 2.30. The van der Waals surface area contributed by atoms with Crippen LogP contribution in [0.15, 0.2) is 28.9 Å². The number of nitrogens with one attached hydrogen (secondary N) is 1. The summed E-state index contributed by atoms with van der Waals surface area (Å²) in [6.45, 7) is 0.825. The van der Waals surface area contributed by atoms with Gasteiger partial charge in [-0.15, -0.1) is 0 Å².